The van der Waals surface area contributed by atoms with Gasteiger partial charge in [-0.05, 0) is 63.6 Å². The second-order valence-corrected chi connectivity index (χ2v) is 10.3. The second kappa shape index (κ2) is 15.4. The summed E-state index contributed by atoms with van der Waals surface area (Å²) in [6.45, 7) is 7.63. The lowest BCUT2D eigenvalue weighted by molar-refractivity contribution is -0.128. The maximum atomic E-state index is 13.1. The Hall–Kier alpha value is -4.08. The van der Waals surface area contributed by atoms with Crippen molar-refractivity contribution in [2.24, 2.45) is 5.73 Å². The number of hydrogen-bond acceptors (Lipinski definition) is 6. The van der Waals surface area contributed by atoms with Crippen LogP contribution in [0.3, 0.4) is 0 Å². The molecule has 2 rings (SSSR count). The summed E-state index contributed by atoms with van der Waals surface area (Å²) in [7, 11) is 0. The number of unbranched alkanes of at least 4 members (excludes halogenated alkanes) is 1. The zero-order chi connectivity index (χ0) is 28.8. The molecule has 10 nitrogen and oxygen atoms in total. The third-order valence-corrected chi connectivity index (χ3v) is 5.76. The van der Waals surface area contributed by atoms with Gasteiger partial charge in [-0.15, -0.1) is 0 Å². The molecular formula is C29H40N4O6. The van der Waals surface area contributed by atoms with E-state index < -0.39 is 41.7 Å². The topological polar surface area (TPSA) is 149 Å². The number of amides is 4. The smallest absolute Gasteiger partial charge is 0.408 e. The number of rotatable bonds is 13. The van der Waals surface area contributed by atoms with Crippen molar-refractivity contribution >= 4 is 24.0 Å². The molecule has 212 valence electrons. The minimum absolute atomic E-state index is 0.176. The first kappa shape index (κ1) is 31.1. The van der Waals surface area contributed by atoms with Gasteiger partial charge in [0.1, 0.15) is 24.3 Å². The maximum absolute atomic E-state index is 13.1. The molecular weight excluding hydrogens is 500 g/mol. The summed E-state index contributed by atoms with van der Waals surface area (Å²) in [6.07, 6.45) is 0.249. The predicted octanol–water partition coefficient (Wildman–Crippen LogP) is 3.50. The van der Waals surface area contributed by atoms with E-state index in [9.17, 15) is 19.2 Å². The van der Waals surface area contributed by atoms with Crippen molar-refractivity contribution in [2.75, 3.05) is 6.54 Å². The van der Waals surface area contributed by atoms with E-state index in [2.05, 4.69) is 16.0 Å². The van der Waals surface area contributed by atoms with Crippen molar-refractivity contribution in [1.82, 2.24) is 16.0 Å². The molecule has 10 heteroatoms. The summed E-state index contributed by atoms with van der Waals surface area (Å²) in [5.41, 5.74) is 7.59. The van der Waals surface area contributed by atoms with Crippen molar-refractivity contribution in [2.45, 2.75) is 77.7 Å². The molecule has 0 aliphatic heterocycles. The Morgan fingerprint density at radius 2 is 1.54 bits per heavy atom. The molecule has 0 saturated heterocycles. The first-order valence-electron chi connectivity index (χ1n) is 13.0. The normalized spacial score (nSPS) is 12.5. The number of hydrogen-bond donors (Lipinski definition) is 4. The van der Waals surface area contributed by atoms with E-state index in [0.29, 0.717) is 19.4 Å². The number of primary amides is 1. The predicted molar refractivity (Wildman–Crippen MR) is 148 cm³/mol. The van der Waals surface area contributed by atoms with E-state index in [1.807, 2.05) is 61.5 Å². The molecule has 0 radical (unpaired) electrons. The number of nitrogens with two attached hydrogens (primary N) is 1. The van der Waals surface area contributed by atoms with Crippen molar-refractivity contribution in [1.29, 1.82) is 0 Å². The van der Waals surface area contributed by atoms with Gasteiger partial charge in [-0.1, -0.05) is 54.6 Å². The Morgan fingerprint density at radius 3 is 2.18 bits per heavy atom. The molecule has 0 aromatic heterocycles. The van der Waals surface area contributed by atoms with Gasteiger partial charge in [0.05, 0.1) is 0 Å². The number of carbonyl (C=O) groups is 4. The number of alkyl carbamates (subject to hydrolysis) is 2. The van der Waals surface area contributed by atoms with Gasteiger partial charge in [0, 0.05) is 13.0 Å². The summed E-state index contributed by atoms with van der Waals surface area (Å²) in [4.78, 5) is 49.5. The Balaban J connectivity index is 1.84. The molecule has 0 bridgehead atoms. The molecule has 0 fully saturated rings. The third-order valence-electron chi connectivity index (χ3n) is 5.76. The van der Waals surface area contributed by atoms with E-state index in [-0.39, 0.29) is 19.4 Å². The van der Waals surface area contributed by atoms with Gasteiger partial charge in [-0.2, -0.15) is 0 Å². The van der Waals surface area contributed by atoms with Crippen LogP contribution < -0.4 is 21.7 Å². The molecule has 2 aromatic rings. The molecule has 0 spiro atoms. The monoisotopic (exact) mass is 540 g/mol. The standard InChI is InChI=1S/C29H40N4O6/c1-20-12-8-9-15-22(20)19-38-27(36)31-17-11-10-16-23(25(30)34)32-26(35)24(18-21-13-6-5-7-14-21)33-28(37)39-29(2,3)4/h5-9,12-15,23-24H,10-11,16-19H2,1-4H3,(H2,30,34)(H,31,36)(H,32,35)(H,33,37)/t23-,24-/m0/s1. The average molecular weight is 541 g/mol. The molecule has 0 heterocycles. The van der Waals surface area contributed by atoms with Crippen LogP contribution in [0.1, 0.15) is 56.7 Å². The highest BCUT2D eigenvalue weighted by Crippen LogP contribution is 2.10. The van der Waals surface area contributed by atoms with E-state index in [1.54, 1.807) is 20.8 Å². The zero-order valence-electron chi connectivity index (χ0n) is 23.1. The molecule has 0 unspecified atom stereocenters. The van der Waals surface area contributed by atoms with Gasteiger partial charge < -0.3 is 31.2 Å². The highest BCUT2D eigenvalue weighted by atomic mass is 16.6. The van der Waals surface area contributed by atoms with Gasteiger partial charge in [-0.3, -0.25) is 9.59 Å². The van der Waals surface area contributed by atoms with Crippen LogP contribution in [-0.2, 0) is 32.1 Å². The molecule has 5 N–H and O–H groups in total. The van der Waals surface area contributed by atoms with Gasteiger partial charge in [0.25, 0.3) is 0 Å². The maximum Gasteiger partial charge on any atom is 0.408 e. The Labute approximate surface area is 230 Å². The van der Waals surface area contributed by atoms with Gasteiger partial charge >= 0.3 is 12.2 Å². The summed E-state index contributed by atoms with van der Waals surface area (Å²) in [5, 5.41) is 7.92. The number of carbonyl (C=O) groups excluding carboxylic acids is 4. The summed E-state index contributed by atoms with van der Waals surface area (Å²) in [5.74, 6) is -1.24. The summed E-state index contributed by atoms with van der Waals surface area (Å²) in [6, 6.07) is 14.9. The van der Waals surface area contributed by atoms with Crippen LogP contribution in [0.15, 0.2) is 54.6 Å². The van der Waals surface area contributed by atoms with Crippen LogP contribution in [-0.4, -0.2) is 48.2 Å². The fourth-order valence-corrected chi connectivity index (χ4v) is 3.70. The zero-order valence-corrected chi connectivity index (χ0v) is 23.1. The highest BCUT2D eigenvalue weighted by Gasteiger charge is 2.27. The van der Waals surface area contributed by atoms with Gasteiger partial charge in [0.2, 0.25) is 11.8 Å². The third kappa shape index (κ3) is 12.3. The van der Waals surface area contributed by atoms with E-state index in [0.717, 1.165) is 16.7 Å². The molecule has 4 amide bonds. The van der Waals surface area contributed by atoms with E-state index in [4.69, 9.17) is 15.2 Å². The molecule has 39 heavy (non-hydrogen) atoms. The Morgan fingerprint density at radius 1 is 0.872 bits per heavy atom. The minimum atomic E-state index is -0.978. The lowest BCUT2D eigenvalue weighted by Gasteiger charge is -2.25. The number of ether oxygens (including phenoxy) is 2. The Kier molecular flexibility index (Phi) is 12.3. The van der Waals surface area contributed by atoms with Crippen LogP contribution in [0, 0.1) is 6.92 Å². The molecule has 0 aliphatic rings. The minimum Gasteiger partial charge on any atom is -0.445 e. The lowest BCUT2D eigenvalue weighted by Crippen LogP contribution is -2.54. The number of benzene rings is 2. The molecule has 0 saturated carbocycles. The largest absolute Gasteiger partial charge is 0.445 e. The Bertz CT molecular complexity index is 1100. The van der Waals surface area contributed by atoms with Crippen molar-refractivity contribution in [3.05, 3.63) is 71.3 Å². The first-order chi connectivity index (χ1) is 18.4. The number of nitrogens with one attached hydrogen (secondary N) is 3. The highest BCUT2D eigenvalue weighted by molar-refractivity contribution is 5.90. The van der Waals surface area contributed by atoms with Crippen LogP contribution >= 0.6 is 0 Å². The fourth-order valence-electron chi connectivity index (χ4n) is 3.70. The number of aryl methyl sites for hydroxylation is 1. The quantitative estimate of drug-likeness (QED) is 0.286. The molecule has 2 aromatic carbocycles. The molecule has 0 aliphatic carbocycles. The van der Waals surface area contributed by atoms with E-state index in [1.165, 1.54) is 0 Å². The van der Waals surface area contributed by atoms with Crippen molar-refractivity contribution in [3.8, 4) is 0 Å². The van der Waals surface area contributed by atoms with Gasteiger partial charge in [0.15, 0.2) is 0 Å². The van der Waals surface area contributed by atoms with Crippen LogP contribution in [0.2, 0.25) is 0 Å². The van der Waals surface area contributed by atoms with Gasteiger partial charge in [-0.25, -0.2) is 9.59 Å². The average Bonchev–Trinajstić information content (AvgIpc) is 2.86. The van der Waals surface area contributed by atoms with Crippen LogP contribution in [0.25, 0.3) is 0 Å². The fraction of sp³-hybridized carbons (Fsp3) is 0.448. The summed E-state index contributed by atoms with van der Waals surface area (Å²) < 4.78 is 10.5. The summed E-state index contributed by atoms with van der Waals surface area (Å²) >= 11 is 0. The van der Waals surface area contributed by atoms with Crippen molar-refractivity contribution < 1.29 is 28.7 Å². The SMILES string of the molecule is Cc1ccccc1COC(=O)NCCCC[C@H](NC(=O)[C@H](Cc1ccccc1)NC(=O)OC(C)(C)C)C(N)=O. The molecule has 2 atom stereocenters. The lowest BCUT2D eigenvalue weighted by atomic mass is 10.0. The second-order valence-electron chi connectivity index (χ2n) is 10.3. The van der Waals surface area contributed by atoms with Crippen molar-refractivity contribution in [3.63, 3.8) is 0 Å². The first-order valence-corrected chi connectivity index (χ1v) is 13.0. The van der Waals surface area contributed by atoms with Crippen LogP contribution in [0.4, 0.5) is 9.59 Å². The van der Waals surface area contributed by atoms with Crippen LogP contribution in [0.5, 0.6) is 0 Å². The van der Waals surface area contributed by atoms with E-state index >= 15 is 0 Å².